The van der Waals surface area contributed by atoms with Crippen LogP contribution in [0.25, 0.3) is 0 Å². The number of carbonyl (C=O) groups is 5. The summed E-state index contributed by atoms with van der Waals surface area (Å²) in [6.07, 6.45) is -1.60. The Morgan fingerprint density at radius 2 is 1.74 bits per heavy atom. The molecule has 0 bridgehead atoms. The highest BCUT2D eigenvalue weighted by atomic mass is 16.3. The van der Waals surface area contributed by atoms with Crippen LogP contribution in [-0.4, -0.2) is 62.6 Å². The molecule has 2 unspecified atom stereocenters. The second-order valence-electron chi connectivity index (χ2n) is 11.8. The normalized spacial score (nSPS) is 34.8. The molecule has 10 heteroatoms. The number of phenolic OH excluding ortho intramolecular Hbond substituents is 1. The molecular formula is C28H36N2O8. The molecule has 2 saturated carbocycles. The lowest BCUT2D eigenvalue weighted by Crippen LogP contribution is -2.75. The number of amides is 1. The molecule has 1 aromatic rings. The lowest BCUT2D eigenvalue weighted by atomic mass is 9.47. The van der Waals surface area contributed by atoms with E-state index in [2.05, 4.69) is 5.32 Å². The number of aliphatic hydroxyl groups excluding tert-OH is 1. The largest absolute Gasteiger partial charge is 0.507 e. The highest BCUT2D eigenvalue weighted by molar-refractivity contribution is 6.32. The SMILES string of the molecule is CC(C)CNCc1ccc2c(c1O)C(=O)C1C(=O)[C@]3(O)C(=O)C(C(N)=O)C(=O)[C@@H](C(C)C)[C@@H]3[C@@H](O)[C@@H]1[C@H]2C. The van der Waals surface area contributed by atoms with Gasteiger partial charge in [-0.05, 0) is 29.9 Å². The summed E-state index contributed by atoms with van der Waals surface area (Å²) in [4.78, 5) is 66.5. The number of aromatic hydroxyl groups is 1. The zero-order chi connectivity index (χ0) is 28.4. The van der Waals surface area contributed by atoms with Crippen molar-refractivity contribution in [2.24, 2.45) is 47.2 Å². The number of nitrogens with one attached hydrogen (secondary N) is 1. The van der Waals surface area contributed by atoms with E-state index in [9.17, 15) is 39.3 Å². The summed E-state index contributed by atoms with van der Waals surface area (Å²) >= 11 is 0. The van der Waals surface area contributed by atoms with Gasteiger partial charge in [-0.25, -0.2) is 0 Å². The minimum Gasteiger partial charge on any atom is -0.507 e. The first-order chi connectivity index (χ1) is 17.7. The first kappa shape index (κ1) is 28.1. The Labute approximate surface area is 221 Å². The van der Waals surface area contributed by atoms with E-state index in [0.717, 1.165) is 0 Å². The van der Waals surface area contributed by atoms with Crippen LogP contribution in [0.5, 0.6) is 5.75 Å². The summed E-state index contributed by atoms with van der Waals surface area (Å²) in [6.45, 7) is 9.93. The summed E-state index contributed by atoms with van der Waals surface area (Å²) < 4.78 is 0. The lowest BCUT2D eigenvalue weighted by Gasteiger charge is -2.55. The second kappa shape index (κ2) is 9.66. The van der Waals surface area contributed by atoms with Gasteiger partial charge in [0.1, 0.15) is 5.75 Å². The quantitative estimate of drug-likeness (QED) is 0.328. The molecule has 8 atom stereocenters. The van der Waals surface area contributed by atoms with Crippen LogP contribution in [0.15, 0.2) is 12.1 Å². The average molecular weight is 529 g/mol. The van der Waals surface area contributed by atoms with Crippen LogP contribution in [-0.2, 0) is 25.7 Å². The number of fused-ring (bicyclic) bond motifs is 3. The van der Waals surface area contributed by atoms with Crippen molar-refractivity contribution in [3.63, 3.8) is 0 Å². The Hall–Kier alpha value is -2.95. The smallest absolute Gasteiger partial charge is 0.235 e. The van der Waals surface area contributed by atoms with Gasteiger partial charge in [0.05, 0.1) is 17.6 Å². The third-order valence-electron chi connectivity index (χ3n) is 8.69. The van der Waals surface area contributed by atoms with Crippen molar-refractivity contribution in [1.29, 1.82) is 0 Å². The van der Waals surface area contributed by atoms with Crippen molar-refractivity contribution >= 4 is 29.0 Å². The number of primary amides is 1. The maximum Gasteiger partial charge on any atom is 0.235 e. The standard InChI is InChI=1S/C28H36N2O8/c1-10(2)8-30-9-13-6-7-14-12(5)16-18(23(33)17(14)21(13)31)25(35)28(38)20(24(16)34)15(11(3)4)22(32)19(26(28)36)27(29)37/h6-7,10-12,15-16,18-20,24,30-31,34,38H,8-9H2,1-5H3,(H2,29,37)/t12-,15-,16+,18?,19?,20+,24-,28-/m0/s1. The Morgan fingerprint density at radius 1 is 1.11 bits per heavy atom. The van der Waals surface area contributed by atoms with Gasteiger partial charge in [0.15, 0.2) is 34.7 Å². The number of benzene rings is 1. The lowest BCUT2D eigenvalue weighted by molar-refractivity contribution is -0.198. The zero-order valence-electron chi connectivity index (χ0n) is 22.2. The van der Waals surface area contributed by atoms with Gasteiger partial charge in [0.25, 0.3) is 0 Å². The van der Waals surface area contributed by atoms with E-state index in [1.54, 1.807) is 32.9 Å². The van der Waals surface area contributed by atoms with E-state index < -0.39 is 82.2 Å². The molecule has 3 aliphatic rings. The van der Waals surface area contributed by atoms with Crippen molar-refractivity contribution in [2.75, 3.05) is 6.54 Å². The molecule has 0 heterocycles. The van der Waals surface area contributed by atoms with E-state index in [1.807, 2.05) is 13.8 Å². The number of rotatable bonds is 6. The van der Waals surface area contributed by atoms with Gasteiger partial charge in [-0.2, -0.15) is 0 Å². The summed E-state index contributed by atoms with van der Waals surface area (Å²) in [5, 5.41) is 37.6. The molecule has 0 aromatic heterocycles. The van der Waals surface area contributed by atoms with Crippen LogP contribution in [0.1, 0.15) is 62.0 Å². The number of hydrogen-bond acceptors (Lipinski definition) is 9. The number of Topliss-reactive ketones (excluding diaryl/α,β-unsaturated/α-hetero) is 4. The first-order valence-corrected chi connectivity index (χ1v) is 13.1. The second-order valence-corrected chi connectivity index (χ2v) is 11.8. The molecule has 4 rings (SSSR count). The Morgan fingerprint density at radius 3 is 2.29 bits per heavy atom. The predicted molar refractivity (Wildman–Crippen MR) is 135 cm³/mol. The summed E-state index contributed by atoms with van der Waals surface area (Å²) in [6, 6.07) is 3.36. The molecule has 38 heavy (non-hydrogen) atoms. The molecule has 6 N–H and O–H groups in total. The Kier molecular flexibility index (Phi) is 7.14. The monoisotopic (exact) mass is 528 g/mol. The van der Waals surface area contributed by atoms with Gasteiger partial charge in [0, 0.05) is 29.9 Å². The number of hydrogen-bond donors (Lipinski definition) is 5. The fraction of sp³-hybridized carbons (Fsp3) is 0.607. The molecular weight excluding hydrogens is 492 g/mol. The molecule has 3 aliphatic carbocycles. The molecule has 0 spiro atoms. The fourth-order valence-electron chi connectivity index (χ4n) is 6.92. The van der Waals surface area contributed by atoms with Crippen molar-refractivity contribution < 1.29 is 39.3 Å². The zero-order valence-corrected chi connectivity index (χ0v) is 22.2. The van der Waals surface area contributed by atoms with Gasteiger partial charge >= 0.3 is 0 Å². The van der Waals surface area contributed by atoms with Gasteiger partial charge in [-0.1, -0.05) is 46.8 Å². The highest BCUT2D eigenvalue weighted by Gasteiger charge is 2.72. The Balaban J connectivity index is 1.85. The molecule has 1 aromatic carbocycles. The highest BCUT2D eigenvalue weighted by Crippen LogP contribution is 2.56. The first-order valence-electron chi connectivity index (χ1n) is 13.1. The van der Waals surface area contributed by atoms with Crippen molar-refractivity contribution in [3.8, 4) is 5.75 Å². The van der Waals surface area contributed by atoms with Gasteiger partial charge in [-0.3, -0.25) is 24.0 Å². The third kappa shape index (κ3) is 3.84. The maximum atomic E-state index is 14.0. The number of aliphatic hydroxyl groups is 2. The molecule has 206 valence electrons. The van der Waals surface area contributed by atoms with E-state index >= 15 is 0 Å². The van der Waals surface area contributed by atoms with Gasteiger partial charge < -0.3 is 26.4 Å². The van der Waals surface area contributed by atoms with Crippen molar-refractivity contribution in [3.05, 3.63) is 28.8 Å². The molecule has 10 nitrogen and oxygen atoms in total. The summed E-state index contributed by atoms with van der Waals surface area (Å²) in [5.41, 5.74) is 3.17. The maximum absolute atomic E-state index is 14.0. The van der Waals surface area contributed by atoms with Crippen LogP contribution in [0.2, 0.25) is 0 Å². The van der Waals surface area contributed by atoms with Crippen molar-refractivity contribution in [1.82, 2.24) is 5.32 Å². The van der Waals surface area contributed by atoms with Crippen molar-refractivity contribution in [2.45, 2.75) is 58.8 Å². The van der Waals surface area contributed by atoms with Gasteiger partial charge in [0.2, 0.25) is 5.91 Å². The van der Waals surface area contributed by atoms with E-state index in [1.165, 1.54) is 0 Å². The molecule has 1 amide bonds. The fourth-order valence-corrected chi connectivity index (χ4v) is 6.92. The van der Waals surface area contributed by atoms with Crippen LogP contribution in [0, 0.1) is 41.4 Å². The number of ketones is 4. The predicted octanol–water partition coefficient (Wildman–Crippen LogP) is 0.486. The number of nitrogens with two attached hydrogens (primary N) is 1. The summed E-state index contributed by atoms with van der Waals surface area (Å²) in [7, 11) is 0. The van der Waals surface area contributed by atoms with Crippen LogP contribution in [0.4, 0.5) is 0 Å². The van der Waals surface area contributed by atoms with Crippen LogP contribution in [0.3, 0.4) is 0 Å². The Bertz CT molecular complexity index is 1220. The molecule has 0 saturated heterocycles. The van der Waals surface area contributed by atoms with Crippen LogP contribution < -0.4 is 11.1 Å². The summed E-state index contributed by atoms with van der Waals surface area (Å²) in [5.74, 6) is -14.2. The van der Waals surface area contributed by atoms with E-state index in [4.69, 9.17) is 5.73 Å². The minimum absolute atomic E-state index is 0.0867. The molecule has 0 radical (unpaired) electrons. The molecule has 0 aliphatic heterocycles. The molecule has 2 fully saturated rings. The topological polar surface area (TPSA) is 184 Å². The van der Waals surface area contributed by atoms with Crippen LogP contribution >= 0.6 is 0 Å². The number of carbonyl (C=O) groups excluding carboxylic acids is 5. The van der Waals surface area contributed by atoms with E-state index in [0.29, 0.717) is 23.6 Å². The minimum atomic E-state index is -2.96. The average Bonchev–Trinajstić information content (AvgIpc) is 2.82. The third-order valence-corrected chi connectivity index (χ3v) is 8.69. The van der Waals surface area contributed by atoms with Gasteiger partial charge in [-0.15, -0.1) is 0 Å². The number of phenols is 1. The van der Waals surface area contributed by atoms with E-state index in [-0.39, 0.29) is 17.9 Å².